The van der Waals surface area contributed by atoms with E-state index in [-0.39, 0.29) is 11.8 Å². The molecule has 0 radical (unpaired) electrons. The van der Waals surface area contributed by atoms with Crippen LogP contribution in [-0.2, 0) is 6.54 Å². The van der Waals surface area contributed by atoms with Gasteiger partial charge in [0.1, 0.15) is 11.5 Å². The van der Waals surface area contributed by atoms with E-state index < -0.39 is 0 Å². The van der Waals surface area contributed by atoms with E-state index in [9.17, 15) is 4.79 Å². The van der Waals surface area contributed by atoms with E-state index in [1.165, 1.54) is 12.0 Å². The van der Waals surface area contributed by atoms with Gasteiger partial charge in [-0.15, -0.1) is 0 Å². The van der Waals surface area contributed by atoms with Crippen molar-refractivity contribution in [2.75, 3.05) is 11.9 Å². The number of Topliss-reactive ketones (excluding diaryl/α,β-unsaturated/α-hetero) is 1. The van der Waals surface area contributed by atoms with Crippen LogP contribution in [0.25, 0.3) is 27.9 Å². The fraction of sp³-hybridized carbons (Fsp3) is 0.333. The van der Waals surface area contributed by atoms with Crippen molar-refractivity contribution >= 4 is 39.9 Å². The van der Waals surface area contributed by atoms with Gasteiger partial charge in [-0.25, -0.2) is 9.97 Å². The molecule has 0 atom stereocenters. The number of carbonyl (C=O) groups is 1. The second kappa shape index (κ2) is 9.87. The molecule has 6 rings (SSSR count). The molecular weight excluding hydrogens is 496 g/mol. The smallest absolute Gasteiger partial charge is 0.168 e. The molecule has 8 heteroatoms. The highest BCUT2D eigenvalue weighted by molar-refractivity contribution is 6.31. The first kappa shape index (κ1) is 24.6. The third-order valence-electron chi connectivity index (χ3n) is 7.57. The van der Waals surface area contributed by atoms with E-state index in [0.29, 0.717) is 35.1 Å². The van der Waals surface area contributed by atoms with E-state index in [1.54, 1.807) is 16.9 Å². The first-order chi connectivity index (χ1) is 18.4. The van der Waals surface area contributed by atoms with Gasteiger partial charge in [0.15, 0.2) is 11.4 Å². The predicted molar refractivity (Wildman–Crippen MR) is 152 cm³/mol. The molecular formula is C30H31ClN6O. The highest BCUT2D eigenvalue weighted by atomic mass is 35.5. The molecule has 1 saturated carbocycles. The molecule has 194 valence electrons. The summed E-state index contributed by atoms with van der Waals surface area (Å²) in [5.74, 6) is 1.44. The van der Waals surface area contributed by atoms with Crippen molar-refractivity contribution in [3.05, 3.63) is 77.2 Å². The first-order valence-corrected chi connectivity index (χ1v) is 13.6. The molecule has 1 aliphatic rings. The highest BCUT2D eigenvalue weighted by Crippen LogP contribution is 2.35. The Morgan fingerprint density at radius 3 is 2.63 bits per heavy atom. The molecule has 0 unspecified atom stereocenters. The van der Waals surface area contributed by atoms with E-state index >= 15 is 0 Å². The van der Waals surface area contributed by atoms with E-state index in [1.807, 2.05) is 37.4 Å². The van der Waals surface area contributed by atoms with E-state index in [0.717, 1.165) is 41.0 Å². The number of halogens is 1. The summed E-state index contributed by atoms with van der Waals surface area (Å²) in [7, 11) is 2.04. The number of rotatable bonds is 8. The van der Waals surface area contributed by atoms with Crippen LogP contribution in [0.3, 0.4) is 0 Å². The quantitative estimate of drug-likeness (QED) is 0.204. The summed E-state index contributed by atoms with van der Waals surface area (Å²) in [5.41, 5.74) is 4.90. The summed E-state index contributed by atoms with van der Waals surface area (Å²) in [4.78, 5) is 25.2. The van der Waals surface area contributed by atoms with Crippen LogP contribution in [0.5, 0.6) is 0 Å². The molecule has 1 aromatic carbocycles. The Balaban J connectivity index is 1.53. The Kier molecular flexibility index (Phi) is 6.40. The van der Waals surface area contributed by atoms with Gasteiger partial charge < -0.3 is 9.47 Å². The Hall–Kier alpha value is -3.71. The second-order valence-corrected chi connectivity index (χ2v) is 11.1. The Morgan fingerprint density at radius 1 is 1.13 bits per heavy atom. The molecule has 5 aromatic rings. The summed E-state index contributed by atoms with van der Waals surface area (Å²) in [5, 5.41) is 6.16. The summed E-state index contributed by atoms with van der Waals surface area (Å²) in [6.45, 7) is 4.94. The lowest BCUT2D eigenvalue weighted by molar-refractivity contribution is 0.0938. The standard InChI is InChI=1S/C30H31ClN6O/c1-19(2)36-18-25(23-13-22(31)15-32-29(23)36)26-14-28(35(3)17-21-8-5-4-6-9-21)37-30(34-26)24(16-33-37)27(38)12-20-10-7-11-20/h4-6,8-9,13-16,18-20H,7,10-12,17H2,1-3H3. The zero-order valence-corrected chi connectivity index (χ0v) is 22.7. The fourth-order valence-corrected chi connectivity index (χ4v) is 5.42. The zero-order valence-electron chi connectivity index (χ0n) is 21.9. The van der Waals surface area contributed by atoms with Crippen molar-refractivity contribution in [2.45, 2.75) is 52.1 Å². The van der Waals surface area contributed by atoms with Gasteiger partial charge in [0.2, 0.25) is 0 Å². The van der Waals surface area contributed by atoms with Crippen LogP contribution < -0.4 is 4.90 Å². The summed E-state index contributed by atoms with van der Waals surface area (Å²) in [6.07, 6.45) is 9.45. The fourth-order valence-electron chi connectivity index (χ4n) is 5.26. The molecule has 0 bridgehead atoms. The number of benzene rings is 1. The van der Waals surface area contributed by atoms with Gasteiger partial charge in [0.05, 0.1) is 22.5 Å². The molecule has 4 heterocycles. The maximum atomic E-state index is 13.4. The van der Waals surface area contributed by atoms with Crippen molar-refractivity contribution in [1.29, 1.82) is 0 Å². The monoisotopic (exact) mass is 526 g/mol. The van der Waals surface area contributed by atoms with Crippen LogP contribution in [0, 0.1) is 5.92 Å². The SMILES string of the molecule is CC(C)n1cc(-c2cc(N(C)Cc3ccccc3)n3ncc(C(=O)CC4CCC4)c3n2)c2cc(Cl)cnc21. The van der Waals surface area contributed by atoms with Gasteiger partial charge in [-0.1, -0.05) is 61.2 Å². The molecule has 0 spiro atoms. The largest absolute Gasteiger partial charge is 0.355 e. The van der Waals surface area contributed by atoms with Crippen molar-refractivity contribution in [3.8, 4) is 11.3 Å². The zero-order chi connectivity index (χ0) is 26.4. The predicted octanol–water partition coefficient (Wildman–Crippen LogP) is 6.99. The minimum atomic E-state index is 0.111. The number of aromatic nitrogens is 5. The molecule has 0 saturated heterocycles. The first-order valence-electron chi connectivity index (χ1n) is 13.2. The number of fused-ring (bicyclic) bond motifs is 2. The van der Waals surface area contributed by atoms with E-state index in [4.69, 9.17) is 16.6 Å². The van der Waals surface area contributed by atoms with Gasteiger partial charge in [-0.05, 0) is 31.4 Å². The number of pyridine rings is 1. The lowest BCUT2D eigenvalue weighted by Crippen LogP contribution is -2.20. The van der Waals surface area contributed by atoms with Crippen molar-refractivity contribution < 1.29 is 4.79 Å². The topological polar surface area (TPSA) is 68.3 Å². The third kappa shape index (κ3) is 4.45. The molecule has 1 aliphatic carbocycles. The summed E-state index contributed by atoms with van der Waals surface area (Å²) in [6, 6.07) is 14.5. The lowest BCUT2D eigenvalue weighted by Gasteiger charge is -2.24. The number of hydrogen-bond donors (Lipinski definition) is 0. The van der Waals surface area contributed by atoms with Gasteiger partial charge in [0.25, 0.3) is 0 Å². The number of nitrogens with zero attached hydrogens (tertiary/aromatic N) is 6. The highest BCUT2D eigenvalue weighted by Gasteiger charge is 2.26. The van der Waals surface area contributed by atoms with Crippen LogP contribution in [0.4, 0.5) is 5.82 Å². The maximum absolute atomic E-state index is 13.4. The molecule has 38 heavy (non-hydrogen) atoms. The Bertz CT molecular complexity index is 1630. The summed E-state index contributed by atoms with van der Waals surface area (Å²) < 4.78 is 3.94. The number of ketones is 1. The van der Waals surface area contributed by atoms with Gasteiger partial charge in [-0.2, -0.15) is 9.61 Å². The lowest BCUT2D eigenvalue weighted by atomic mass is 9.81. The number of carbonyl (C=O) groups excluding carboxylic acids is 1. The number of hydrogen-bond acceptors (Lipinski definition) is 5. The van der Waals surface area contributed by atoms with Crippen LogP contribution in [0.15, 0.2) is 61.1 Å². The van der Waals surface area contributed by atoms with Gasteiger partial charge >= 0.3 is 0 Å². The Morgan fingerprint density at radius 2 is 1.92 bits per heavy atom. The maximum Gasteiger partial charge on any atom is 0.168 e. The van der Waals surface area contributed by atoms with Crippen LogP contribution in [0.1, 0.15) is 61.5 Å². The average molecular weight is 527 g/mol. The van der Waals surface area contributed by atoms with Crippen LogP contribution in [0.2, 0.25) is 5.02 Å². The minimum absolute atomic E-state index is 0.111. The molecule has 4 aromatic heterocycles. The summed E-state index contributed by atoms with van der Waals surface area (Å²) >= 11 is 6.39. The molecule has 7 nitrogen and oxygen atoms in total. The van der Waals surface area contributed by atoms with Crippen LogP contribution >= 0.6 is 11.6 Å². The third-order valence-corrected chi connectivity index (χ3v) is 7.78. The minimum Gasteiger partial charge on any atom is -0.355 e. The molecule has 0 amide bonds. The van der Waals surface area contributed by atoms with Crippen molar-refractivity contribution in [2.24, 2.45) is 5.92 Å². The Labute approximate surface area is 227 Å². The molecule has 0 N–H and O–H groups in total. The number of anilines is 1. The van der Waals surface area contributed by atoms with Crippen molar-refractivity contribution in [1.82, 2.24) is 24.1 Å². The molecule has 1 fully saturated rings. The average Bonchev–Trinajstić information content (AvgIpc) is 3.48. The normalized spacial score (nSPS) is 13.9. The van der Waals surface area contributed by atoms with Gasteiger partial charge in [-0.3, -0.25) is 4.79 Å². The van der Waals surface area contributed by atoms with Gasteiger partial charge in [0, 0.05) is 55.5 Å². The van der Waals surface area contributed by atoms with Crippen LogP contribution in [-0.4, -0.2) is 37.0 Å². The van der Waals surface area contributed by atoms with Crippen molar-refractivity contribution in [3.63, 3.8) is 0 Å². The second-order valence-electron chi connectivity index (χ2n) is 10.6. The van der Waals surface area contributed by atoms with E-state index in [2.05, 4.69) is 51.7 Å². The molecule has 0 aliphatic heterocycles.